The average Bonchev–Trinajstić information content (AvgIpc) is 4.05. The lowest BCUT2D eigenvalue weighted by Gasteiger charge is -2.23. The van der Waals surface area contributed by atoms with Crippen molar-refractivity contribution >= 4 is 90.6 Å². The van der Waals surface area contributed by atoms with E-state index in [-0.39, 0.29) is 58.1 Å². The minimum atomic E-state index is -0.952. The third-order valence-electron chi connectivity index (χ3n) is 8.35. The Balaban J connectivity index is 1.88. The van der Waals surface area contributed by atoms with Gasteiger partial charge in [-0.15, -0.1) is 0 Å². The molecule has 53 heavy (non-hydrogen) atoms. The highest BCUT2D eigenvalue weighted by atomic mass is 33.2. The number of ether oxygens (including phenoxy) is 1. The number of nitrogens with one attached hydrogen (secondary N) is 5. The summed E-state index contributed by atoms with van der Waals surface area (Å²) in [5.74, 6) is -3.24. The first-order chi connectivity index (χ1) is 25.4. The van der Waals surface area contributed by atoms with Crippen LogP contribution in [0.2, 0.25) is 0 Å². The van der Waals surface area contributed by atoms with E-state index in [4.69, 9.17) is 11.5 Å². The Labute approximate surface area is 326 Å². The van der Waals surface area contributed by atoms with Gasteiger partial charge in [0.1, 0.15) is 19.1 Å². The number of hydrogen-bond acceptors (Lipinski definition) is 13. The molecule has 2 aliphatic rings. The number of carbonyl (C=O) groups excluding carboxylic acids is 8. The summed E-state index contributed by atoms with van der Waals surface area (Å²) in [5, 5.41) is 13.4. The third-order valence-corrected chi connectivity index (χ3v) is 13.0. The van der Waals surface area contributed by atoms with Crippen LogP contribution in [0.15, 0.2) is 0 Å². The van der Waals surface area contributed by atoms with Gasteiger partial charge in [0.05, 0.1) is 28.1 Å². The Morgan fingerprint density at radius 1 is 0.642 bits per heavy atom. The minimum Gasteiger partial charge on any atom is -0.453 e. The van der Waals surface area contributed by atoms with Crippen molar-refractivity contribution in [2.24, 2.45) is 23.3 Å². The van der Waals surface area contributed by atoms with Crippen LogP contribution in [-0.2, 0) is 38.3 Å². The third kappa shape index (κ3) is 20.3. The zero-order chi connectivity index (χ0) is 39.2. The van der Waals surface area contributed by atoms with E-state index < -0.39 is 48.9 Å². The fourth-order valence-electron chi connectivity index (χ4n) is 5.15. The second-order valence-electron chi connectivity index (χ2n) is 12.5. The summed E-state index contributed by atoms with van der Waals surface area (Å²) in [4.78, 5) is 99.7. The van der Waals surface area contributed by atoms with E-state index >= 15 is 0 Å². The second-order valence-corrected chi connectivity index (χ2v) is 18.2. The number of methoxy groups -OCH3 is 1. The lowest BCUT2D eigenvalue weighted by atomic mass is 10.0. The van der Waals surface area contributed by atoms with E-state index in [1.807, 2.05) is 0 Å². The fourth-order valence-corrected chi connectivity index (χ4v) is 8.89. The molecular weight excluding hydrogens is 769 g/mol. The molecule has 0 bridgehead atoms. The maximum absolute atomic E-state index is 13.3. The van der Waals surface area contributed by atoms with E-state index in [0.29, 0.717) is 77.4 Å². The van der Waals surface area contributed by atoms with E-state index in [9.17, 15) is 38.4 Å². The molecule has 21 heteroatoms. The van der Waals surface area contributed by atoms with Gasteiger partial charge >= 0.3 is 6.09 Å². The topological polar surface area (TPSA) is 261 Å². The number of alkyl carbamates (subject to hydrolysis) is 1. The second kappa shape index (κ2) is 25.9. The summed E-state index contributed by atoms with van der Waals surface area (Å²) in [6.07, 6.45) is 4.46. The molecule has 0 spiro atoms. The van der Waals surface area contributed by atoms with Gasteiger partial charge in [-0.2, -0.15) is 0 Å². The molecule has 0 radical (unpaired) electrons. The average molecular weight is 823 g/mol. The van der Waals surface area contributed by atoms with Gasteiger partial charge in [0.25, 0.3) is 0 Å². The van der Waals surface area contributed by atoms with Gasteiger partial charge in [0, 0.05) is 39.0 Å². The van der Waals surface area contributed by atoms with Crippen LogP contribution in [0, 0.1) is 11.8 Å². The smallest absolute Gasteiger partial charge is 0.407 e. The van der Waals surface area contributed by atoms with Gasteiger partial charge in [-0.25, -0.2) is 4.79 Å². The Kier molecular flexibility index (Phi) is 22.5. The molecule has 8 amide bonds. The van der Waals surface area contributed by atoms with Crippen LogP contribution >= 0.6 is 43.2 Å². The van der Waals surface area contributed by atoms with Gasteiger partial charge in [-0.1, -0.05) is 62.9 Å². The first kappa shape index (κ1) is 46.1. The summed E-state index contributed by atoms with van der Waals surface area (Å²) in [6.45, 7) is 1.88. The Morgan fingerprint density at radius 2 is 1.09 bits per heavy atom. The zero-order valence-corrected chi connectivity index (χ0v) is 33.6. The first-order valence-corrected chi connectivity index (χ1v) is 22.3. The van der Waals surface area contributed by atoms with Crippen molar-refractivity contribution in [3.05, 3.63) is 0 Å². The van der Waals surface area contributed by atoms with Crippen LogP contribution in [0.1, 0.15) is 77.6 Å². The number of nitrogens with two attached hydrogens (primary N) is 2. The highest BCUT2D eigenvalue weighted by Gasteiger charge is 2.38. The molecule has 17 nitrogen and oxygen atoms in total. The SMILES string of the molecule is CCC(=O)NCCCC[C@H](NC(=O)OC)C(=O)NCCC(=O)N(CC(=O)NCCCCC(C(N)=O)C1SS1)CC(=O)NCCCCC(C(N)=O)C1SS1. The van der Waals surface area contributed by atoms with Crippen LogP contribution in [0.5, 0.6) is 0 Å². The van der Waals surface area contributed by atoms with E-state index in [0.717, 1.165) is 4.90 Å². The molecular formula is C32H54N8O9S4. The van der Waals surface area contributed by atoms with Crippen LogP contribution in [0.25, 0.3) is 0 Å². The number of nitrogens with zero attached hydrogens (tertiary/aromatic N) is 1. The maximum atomic E-state index is 13.3. The molecule has 2 unspecified atom stereocenters. The minimum absolute atomic E-state index is 0.0873. The standard InChI is InChI=1S/C32H54N8O9S4/c1-3-23(41)35-14-9-6-12-22(39-32(48)49-2)29(47)38-17-13-26(44)40(18-24(42)36-15-7-4-10-20(27(33)45)30-50-51-30)19-25(43)37-16-8-5-11-21(28(34)46)31-52-53-31/h20-22,30-31H,3-19H2,1-2H3,(H2,33,45)(H2,34,46)(H,35,41)(H,36,42)(H,37,43)(H,38,47)(H,39,48)/t20?,21?,22-/m0/s1. The fraction of sp³-hybridized carbons (Fsp3) is 0.750. The predicted molar refractivity (Wildman–Crippen MR) is 208 cm³/mol. The summed E-state index contributed by atoms with van der Waals surface area (Å²) >= 11 is 0. The molecule has 2 heterocycles. The Hall–Kier alpha value is -3.04. The highest BCUT2D eigenvalue weighted by molar-refractivity contribution is 8.93. The summed E-state index contributed by atoms with van der Waals surface area (Å²) < 4.78 is 5.01. The summed E-state index contributed by atoms with van der Waals surface area (Å²) in [5.41, 5.74) is 11.0. The lowest BCUT2D eigenvalue weighted by molar-refractivity contribution is -0.139. The van der Waals surface area contributed by atoms with Crippen molar-refractivity contribution in [2.75, 3.05) is 46.4 Å². The largest absolute Gasteiger partial charge is 0.453 e. The maximum Gasteiger partial charge on any atom is 0.407 e. The van der Waals surface area contributed by atoms with Crippen molar-refractivity contribution in [2.45, 2.75) is 92.8 Å². The van der Waals surface area contributed by atoms with Crippen molar-refractivity contribution in [3.8, 4) is 0 Å². The lowest BCUT2D eigenvalue weighted by Crippen LogP contribution is -2.49. The number of unbranched alkanes of at least 4 members (excludes halogenated alkanes) is 3. The molecule has 2 fully saturated rings. The molecule has 0 aromatic heterocycles. The quantitative estimate of drug-likeness (QED) is 0.0316. The van der Waals surface area contributed by atoms with Crippen molar-refractivity contribution in [1.29, 1.82) is 0 Å². The van der Waals surface area contributed by atoms with Gasteiger partial charge < -0.3 is 47.7 Å². The molecule has 3 atom stereocenters. The Morgan fingerprint density at radius 3 is 1.51 bits per heavy atom. The zero-order valence-electron chi connectivity index (χ0n) is 30.3. The van der Waals surface area contributed by atoms with Gasteiger partial charge in [-0.3, -0.25) is 33.6 Å². The number of amides is 8. The normalized spacial score (nSPS) is 15.2. The van der Waals surface area contributed by atoms with Crippen molar-refractivity contribution in [1.82, 2.24) is 31.5 Å². The van der Waals surface area contributed by atoms with Crippen LogP contribution in [0.3, 0.4) is 0 Å². The van der Waals surface area contributed by atoms with Crippen molar-refractivity contribution < 1.29 is 43.1 Å². The van der Waals surface area contributed by atoms with Crippen LogP contribution in [0.4, 0.5) is 4.79 Å². The van der Waals surface area contributed by atoms with Gasteiger partial charge in [0.2, 0.25) is 41.4 Å². The molecule has 2 aliphatic heterocycles. The number of hydrogen-bond donors (Lipinski definition) is 7. The monoisotopic (exact) mass is 822 g/mol. The van der Waals surface area contributed by atoms with E-state index in [1.54, 1.807) is 50.1 Å². The summed E-state index contributed by atoms with van der Waals surface area (Å²) in [6, 6.07) is -0.952. The molecule has 0 aromatic carbocycles. The Bertz CT molecular complexity index is 1210. The van der Waals surface area contributed by atoms with Gasteiger partial charge in [-0.05, 0) is 44.9 Å². The van der Waals surface area contributed by atoms with E-state index in [2.05, 4.69) is 31.3 Å². The molecule has 0 aliphatic carbocycles. The highest BCUT2D eigenvalue weighted by Crippen LogP contribution is 2.58. The number of carbonyl (C=O) groups is 8. The summed E-state index contributed by atoms with van der Waals surface area (Å²) in [7, 11) is 7.65. The van der Waals surface area contributed by atoms with Crippen LogP contribution < -0.4 is 38.1 Å². The first-order valence-electron chi connectivity index (χ1n) is 17.8. The van der Waals surface area contributed by atoms with Crippen molar-refractivity contribution in [3.63, 3.8) is 0 Å². The molecule has 300 valence electrons. The van der Waals surface area contributed by atoms with E-state index in [1.165, 1.54) is 7.11 Å². The van der Waals surface area contributed by atoms with Crippen LogP contribution in [-0.4, -0.2) is 114 Å². The molecule has 0 aromatic rings. The van der Waals surface area contributed by atoms with Gasteiger partial charge in [0.15, 0.2) is 0 Å². The molecule has 0 saturated carbocycles. The molecule has 9 N–H and O–H groups in total. The molecule has 2 saturated heterocycles. The predicted octanol–water partition coefficient (Wildman–Crippen LogP) is 0.961. The number of primary amides is 2. The molecule has 2 rings (SSSR count). The number of rotatable bonds is 29.